The van der Waals surface area contributed by atoms with Gasteiger partial charge in [0.05, 0.1) is 7.85 Å². The lowest BCUT2D eigenvalue weighted by Gasteiger charge is -2.17. The lowest BCUT2D eigenvalue weighted by atomic mass is 9.98. The van der Waals surface area contributed by atoms with Gasteiger partial charge in [-0.1, -0.05) is 45.2 Å². The topological polar surface area (TPSA) is 34.1 Å². The van der Waals surface area contributed by atoms with Crippen LogP contribution in [-0.2, 0) is 9.59 Å². The summed E-state index contributed by atoms with van der Waals surface area (Å²) in [5, 5.41) is 0. The van der Waals surface area contributed by atoms with E-state index in [0.29, 0.717) is 12.8 Å². The van der Waals surface area contributed by atoms with Gasteiger partial charge in [0, 0.05) is 12.8 Å². The van der Waals surface area contributed by atoms with E-state index in [9.17, 15) is 9.59 Å². The van der Waals surface area contributed by atoms with Crippen molar-refractivity contribution in [1.82, 2.24) is 0 Å². The smallest absolute Gasteiger partial charge is 0.147 e. The van der Waals surface area contributed by atoms with Crippen molar-refractivity contribution in [2.75, 3.05) is 0 Å². The molecule has 0 amide bonds. The Morgan fingerprint density at radius 3 is 1.60 bits per heavy atom. The molecule has 1 rings (SSSR count). The van der Waals surface area contributed by atoms with Gasteiger partial charge < -0.3 is 0 Å². The lowest BCUT2D eigenvalue weighted by Crippen LogP contribution is -2.32. The molecule has 0 aromatic rings. The van der Waals surface area contributed by atoms with E-state index >= 15 is 0 Å². The summed E-state index contributed by atoms with van der Waals surface area (Å²) < 4.78 is -0.118. The Hall–Kier alpha value is 0.800. The minimum atomic E-state index is -0.0592. The first-order valence-electron chi connectivity index (χ1n) is 2.95. The van der Waals surface area contributed by atoms with Gasteiger partial charge in [0.2, 0.25) is 0 Å². The Morgan fingerprint density at radius 2 is 1.30 bits per heavy atom. The minimum Gasteiger partial charge on any atom is -0.298 e. The second kappa shape index (κ2) is 3.46. The maximum Gasteiger partial charge on any atom is 0.147 e. The summed E-state index contributed by atoms with van der Waals surface area (Å²) in [6.07, 6.45) is 0.875. The standard InChI is InChI=1S/C6H6I2O2/c7-3-1-5(9)4(8)2-6(3)10/h3-4H,1-2H2. The van der Waals surface area contributed by atoms with Gasteiger partial charge in [-0.15, -0.1) is 0 Å². The average molecular weight is 364 g/mol. The van der Waals surface area contributed by atoms with Crippen molar-refractivity contribution in [2.24, 2.45) is 0 Å². The maximum absolute atomic E-state index is 11.0. The van der Waals surface area contributed by atoms with Gasteiger partial charge in [0.1, 0.15) is 11.6 Å². The zero-order chi connectivity index (χ0) is 7.72. The highest BCUT2D eigenvalue weighted by molar-refractivity contribution is 14.1. The molecular formula is C6H6I2O2. The molecule has 0 aliphatic heterocycles. The highest BCUT2D eigenvalue weighted by atomic mass is 127. The molecule has 0 saturated heterocycles. The normalized spacial score (nSPS) is 34.6. The average Bonchev–Trinajstić information content (AvgIpc) is 1.84. The van der Waals surface area contributed by atoms with Crippen molar-refractivity contribution in [3.63, 3.8) is 0 Å². The fraction of sp³-hybridized carbons (Fsp3) is 0.667. The van der Waals surface area contributed by atoms with Gasteiger partial charge in [-0.25, -0.2) is 0 Å². The molecule has 2 nitrogen and oxygen atoms in total. The van der Waals surface area contributed by atoms with Crippen LogP contribution >= 0.6 is 45.2 Å². The first-order valence-corrected chi connectivity index (χ1v) is 5.44. The molecule has 2 unspecified atom stereocenters. The zero-order valence-electron chi connectivity index (χ0n) is 5.14. The van der Waals surface area contributed by atoms with Gasteiger partial charge in [0.15, 0.2) is 0 Å². The molecule has 2 atom stereocenters. The Labute approximate surface area is 86.4 Å². The van der Waals surface area contributed by atoms with Gasteiger partial charge in [-0.2, -0.15) is 0 Å². The molecule has 0 N–H and O–H groups in total. The third kappa shape index (κ3) is 1.90. The summed E-state index contributed by atoms with van der Waals surface area (Å²) in [5.74, 6) is 0.444. The summed E-state index contributed by atoms with van der Waals surface area (Å²) in [7, 11) is 0. The van der Waals surface area contributed by atoms with Crippen LogP contribution < -0.4 is 0 Å². The second-order valence-electron chi connectivity index (χ2n) is 2.28. The number of Topliss-reactive ketones (excluding diaryl/α,β-unsaturated/α-hetero) is 2. The molecule has 1 aliphatic rings. The number of hydrogen-bond acceptors (Lipinski definition) is 2. The maximum atomic E-state index is 11.0. The Bertz CT molecular complexity index is 159. The predicted octanol–water partition coefficient (Wildman–Crippen LogP) is 1.53. The van der Waals surface area contributed by atoms with Gasteiger partial charge in [-0.3, -0.25) is 9.59 Å². The molecule has 0 heterocycles. The molecule has 1 saturated carbocycles. The summed E-state index contributed by atoms with van der Waals surface area (Å²) in [4.78, 5) is 22.0. The van der Waals surface area contributed by atoms with Crippen LogP contribution in [0.5, 0.6) is 0 Å². The fourth-order valence-corrected chi connectivity index (χ4v) is 2.21. The molecule has 0 spiro atoms. The Morgan fingerprint density at radius 1 is 1.00 bits per heavy atom. The summed E-state index contributed by atoms with van der Waals surface area (Å²) >= 11 is 4.07. The van der Waals surface area contributed by atoms with Crippen molar-refractivity contribution in [3.8, 4) is 0 Å². The van der Waals surface area contributed by atoms with Crippen LogP contribution in [0.25, 0.3) is 0 Å². The molecular weight excluding hydrogens is 358 g/mol. The van der Waals surface area contributed by atoms with Crippen molar-refractivity contribution in [3.05, 3.63) is 0 Å². The monoisotopic (exact) mass is 364 g/mol. The molecule has 10 heavy (non-hydrogen) atoms. The second-order valence-corrected chi connectivity index (χ2v) is 5.28. The van der Waals surface area contributed by atoms with Gasteiger partial charge in [-0.05, 0) is 0 Å². The van der Waals surface area contributed by atoms with Crippen molar-refractivity contribution in [1.29, 1.82) is 0 Å². The van der Waals surface area contributed by atoms with Crippen LogP contribution in [0.1, 0.15) is 12.8 Å². The van der Waals surface area contributed by atoms with E-state index in [2.05, 4.69) is 0 Å². The molecule has 0 aromatic carbocycles. The molecule has 0 aromatic heterocycles. The minimum absolute atomic E-state index is 0.0592. The van der Waals surface area contributed by atoms with Gasteiger partial charge in [0.25, 0.3) is 0 Å². The van der Waals surface area contributed by atoms with E-state index in [1.165, 1.54) is 0 Å². The van der Waals surface area contributed by atoms with E-state index in [0.717, 1.165) is 0 Å². The number of carbonyl (C=O) groups is 2. The van der Waals surface area contributed by atoms with Crippen LogP contribution in [-0.4, -0.2) is 19.4 Å². The van der Waals surface area contributed by atoms with Gasteiger partial charge >= 0.3 is 0 Å². The summed E-state index contributed by atoms with van der Waals surface area (Å²) in [5.41, 5.74) is 0. The van der Waals surface area contributed by atoms with E-state index in [1.54, 1.807) is 0 Å². The quantitative estimate of drug-likeness (QED) is 0.483. The van der Waals surface area contributed by atoms with Crippen LogP contribution in [0, 0.1) is 0 Å². The molecule has 0 radical (unpaired) electrons. The van der Waals surface area contributed by atoms with Crippen LogP contribution in [0.15, 0.2) is 0 Å². The van der Waals surface area contributed by atoms with Crippen molar-refractivity contribution >= 4 is 56.7 Å². The van der Waals surface area contributed by atoms with Crippen molar-refractivity contribution < 1.29 is 9.59 Å². The first-order chi connectivity index (χ1) is 4.61. The van der Waals surface area contributed by atoms with E-state index < -0.39 is 0 Å². The SMILES string of the molecule is O=C1CC(I)C(=O)CC1I. The largest absolute Gasteiger partial charge is 0.298 e. The van der Waals surface area contributed by atoms with Crippen LogP contribution in [0.2, 0.25) is 0 Å². The van der Waals surface area contributed by atoms with E-state index in [-0.39, 0.29) is 19.4 Å². The highest BCUT2D eigenvalue weighted by Crippen LogP contribution is 2.23. The Balaban J connectivity index is 2.63. The summed E-state index contributed by atoms with van der Waals surface area (Å²) in [6.45, 7) is 0. The van der Waals surface area contributed by atoms with Crippen LogP contribution in [0.4, 0.5) is 0 Å². The summed E-state index contributed by atoms with van der Waals surface area (Å²) in [6, 6.07) is 0. The number of carbonyl (C=O) groups excluding carboxylic acids is 2. The number of rotatable bonds is 0. The van der Waals surface area contributed by atoms with Crippen molar-refractivity contribution in [2.45, 2.75) is 20.7 Å². The first kappa shape index (κ1) is 8.89. The fourth-order valence-electron chi connectivity index (χ4n) is 0.837. The number of halogens is 2. The zero-order valence-corrected chi connectivity index (χ0v) is 9.46. The number of hydrogen-bond donors (Lipinski definition) is 0. The highest BCUT2D eigenvalue weighted by Gasteiger charge is 2.31. The number of alkyl halides is 2. The molecule has 4 heteroatoms. The van der Waals surface area contributed by atoms with Crippen LogP contribution in [0.3, 0.4) is 0 Å². The molecule has 1 fully saturated rings. The van der Waals surface area contributed by atoms with E-state index in [1.807, 2.05) is 45.2 Å². The third-order valence-corrected chi connectivity index (χ3v) is 3.73. The predicted molar refractivity (Wildman–Crippen MR) is 54.9 cm³/mol. The molecule has 0 bridgehead atoms. The Kier molecular flexibility index (Phi) is 3.08. The van der Waals surface area contributed by atoms with E-state index in [4.69, 9.17) is 0 Å². The third-order valence-electron chi connectivity index (χ3n) is 1.46. The molecule has 1 aliphatic carbocycles. The number of ketones is 2. The lowest BCUT2D eigenvalue weighted by molar-refractivity contribution is -0.127. The molecule has 56 valence electrons.